The largest absolute Gasteiger partial charge is 0.337 e. The molecule has 2 aromatic rings. The SMILES string of the molecule is CC(C)c1cccc(C(C)C)c1NC(=O)NCCSc1ccccc1. The van der Waals surface area contributed by atoms with Gasteiger partial charge in [0.25, 0.3) is 0 Å². The number of carbonyl (C=O) groups is 1. The Hall–Kier alpha value is -1.94. The van der Waals surface area contributed by atoms with Crippen LogP contribution in [-0.2, 0) is 0 Å². The van der Waals surface area contributed by atoms with Crippen LogP contribution in [0.4, 0.5) is 10.5 Å². The minimum atomic E-state index is -0.135. The topological polar surface area (TPSA) is 41.1 Å². The van der Waals surface area contributed by atoms with Crippen molar-refractivity contribution in [2.24, 2.45) is 0 Å². The van der Waals surface area contributed by atoms with Gasteiger partial charge in [0, 0.05) is 22.9 Å². The zero-order chi connectivity index (χ0) is 18.2. The van der Waals surface area contributed by atoms with Crippen molar-refractivity contribution in [2.75, 3.05) is 17.6 Å². The number of urea groups is 1. The van der Waals surface area contributed by atoms with Gasteiger partial charge in [-0.25, -0.2) is 4.79 Å². The summed E-state index contributed by atoms with van der Waals surface area (Å²) in [5.74, 6) is 1.57. The van der Waals surface area contributed by atoms with Crippen LogP contribution in [0.3, 0.4) is 0 Å². The maximum absolute atomic E-state index is 12.3. The first-order valence-corrected chi connectivity index (χ1v) is 9.83. The molecular formula is C21H28N2OS. The molecule has 0 fully saturated rings. The number of amides is 2. The summed E-state index contributed by atoms with van der Waals surface area (Å²) in [6.07, 6.45) is 0. The lowest BCUT2D eigenvalue weighted by atomic mass is 9.93. The molecule has 0 heterocycles. The molecule has 0 aliphatic rings. The Labute approximate surface area is 155 Å². The Balaban J connectivity index is 1.93. The lowest BCUT2D eigenvalue weighted by Gasteiger charge is -2.20. The molecule has 4 heteroatoms. The molecule has 2 rings (SSSR count). The van der Waals surface area contributed by atoms with E-state index in [-0.39, 0.29) is 6.03 Å². The highest BCUT2D eigenvalue weighted by Crippen LogP contribution is 2.32. The van der Waals surface area contributed by atoms with Crippen molar-refractivity contribution >= 4 is 23.5 Å². The highest BCUT2D eigenvalue weighted by atomic mass is 32.2. The van der Waals surface area contributed by atoms with Crippen molar-refractivity contribution in [2.45, 2.75) is 44.4 Å². The van der Waals surface area contributed by atoms with E-state index in [1.165, 1.54) is 16.0 Å². The Kier molecular flexibility index (Phi) is 7.38. The molecule has 0 radical (unpaired) electrons. The number of para-hydroxylation sites is 1. The van der Waals surface area contributed by atoms with E-state index in [4.69, 9.17) is 0 Å². The zero-order valence-corrected chi connectivity index (χ0v) is 16.3. The van der Waals surface area contributed by atoms with E-state index < -0.39 is 0 Å². The fourth-order valence-corrected chi connectivity index (χ4v) is 3.49. The van der Waals surface area contributed by atoms with E-state index in [1.807, 2.05) is 18.2 Å². The van der Waals surface area contributed by atoms with Gasteiger partial charge < -0.3 is 10.6 Å². The average Bonchev–Trinajstić information content (AvgIpc) is 2.59. The molecule has 0 spiro atoms. The molecule has 0 saturated carbocycles. The molecule has 0 saturated heterocycles. The van der Waals surface area contributed by atoms with Crippen LogP contribution in [0.2, 0.25) is 0 Å². The van der Waals surface area contributed by atoms with Crippen molar-refractivity contribution in [1.82, 2.24) is 5.32 Å². The lowest BCUT2D eigenvalue weighted by Crippen LogP contribution is -2.31. The van der Waals surface area contributed by atoms with Gasteiger partial charge in [0.05, 0.1) is 0 Å². The predicted molar refractivity (Wildman–Crippen MR) is 109 cm³/mol. The number of carbonyl (C=O) groups excluding carboxylic acids is 1. The Bertz CT molecular complexity index is 657. The van der Waals surface area contributed by atoms with Crippen LogP contribution < -0.4 is 10.6 Å². The Morgan fingerprint density at radius 2 is 1.52 bits per heavy atom. The summed E-state index contributed by atoms with van der Waals surface area (Å²) >= 11 is 1.74. The Morgan fingerprint density at radius 3 is 2.08 bits per heavy atom. The zero-order valence-electron chi connectivity index (χ0n) is 15.5. The van der Waals surface area contributed by atoms with E-state index in [0.717, 1.165) is 11.4 Å². The third-order valence-electron chi connectivity index (χ3n) is 4.01. The standard InChI is InChI=1S/C21H28N2OS/c1-15(2)18-11-8-12-19(16(3)4)20(18)23-21(24)22-13-14-25-17-9-6-5-7-10-17/h5-12,15-16H,13-14H2,1-4H3,(H2,22,23,24). The molecule has 0 aromatic heterocycles. The fourth-order valence-electron chi connectivity index (χ4n) is 2.70. The van der Waals surface area contributed by atoms with Crippen LogP contribution in [-0.4, -0.2) is 18.3 Å². The van der Waals surface area contributed by atoms with Crippen molar-refractivity contribution < 1.29 is 4.79 Å². The number of nitrogens with one attached hydrogen (secondary N) is 2. The van der Waals surface area contributed by atoms with Crippen molar-refractivity contribution in [1.29, 1.82) is 0 Å². The highest BCUT2D eigenvalue weighted by Gasteiger charge is 2.15. The summed E-state index contributed by atoms with van der Waals surface area (Å²) < 4.78 is 0. The van der Waals surface area contributed by atoms with Gasteiger partial charge in [-0.2, -0.15) is 0 Å². The van der Waals surface area contributed by atoms with Gasteiger partial charge in [-0.15, -0.1) is 11.8 Å². The van der Waals surface area contributed by atoms with E-state index >= 15 is 0 Å². The van der Waals surface area contributed by atoms with Crippen molar-refractivity contribution in [3.63, 3.8) is 0 Å². The predicted octanol–water partition coefficient (Wildman–Crippen LogP) is 5.85. The van der Waals surface area contributed by atoms with E-state index in [1.54, 1.807) is 11.8 Å². The second-order valence-electron chi connectivity index (χ2n) is 6.66. The Morgan fingerprint density at radius 1 is 0.920 bits per heavy atom. The first-order valence-electron chi connectivity index (χ1n) is 8.84. The van der Waals surface area contributed by atoms with Gasteiger partial charge in [0.2, 0.25) is 0 Å². The monoisotopic (exact) mass is 356 g/mol. The second kappa shape index (κ2) is 9.52. The number of hydrogen-bond donors (Lipinski definition) is 2. The van der Waals surface area contributed by atoms with Crippen molar-refractivity contribution in [3.8, 4) is 0 Å². The summed E-state index contributed by atoms with van der Waals surface area (Å²) in [7, 11) is 0. The normalized spacial score (nSPS) is 11.0. The summed E-state index contributed by atoms with van der Waals surface area (Å²) in [4.78, 5) is 13.6. The minimum absolute atomic E-state index is 0.135. The summed E-state index contributed by atoms with van der Waals surface area (Å²) in [5.41, 5.74) is 3.32. The summed E-state index contributed by atoms with van der Waals surface area (Å²) in [5, 5.41) is 6.04. The van der Waals surface area contributed by atoms with Crippen LogP contribution >= 0.6 is 11.8 Å². The second-order valence-corrected chi connectivity index (χ2v) is 7.83. The first kappa shape index (κ1) is 19.4. The highest BCUT2D eigenvalue weighted by molar-refractivity contribution is 7.99. The number of hydrogen-bond acceptors (Lipinski definition) is 2. The molecule has 2 amide bonds. The van der Waals surface area contributed by atoms with E-state index in [0.29, 0.717) is 18.4 Å². The van der Waals surface area contributed by atoms with Gasteiger partial charge in [-0.1, -0.05) is 64.1 Å². The number of thioether (sulfide) groups is 1. The van der Waals surface area contributed by atoms with Gasteiger partial charge in [-0.3, -0.25) is 0 Å². The average molecular weight is 357 g/mol. The third-order valence-corrected chi connectivity index (χ3v) is 5.02. The molecule has 2 aromatic carbocycles. The molecule has 0 unspecified atom stereocenters. The van der Waals surface area contributed by atoms with Crippen LogP contribution in [0.1, 0.15) is 50.7 Å². The summed E-state index contributed by atoms with van der Waals surface area (Å²) in [6.45, 7) is 9.24. The number of rotatable bonds is 7. The molecule has 0 bridgehead atoms. The molecule has 25 heavy (non-hydrogen) atoms. The molecule has 2 N–H and O–H groups in total. The quantitative estimate of drug-likeness (QED) is 0.483. The van der Waals surface area contributed by atoms with Crippen LogP contribution in [0, 0.1) is 0 Å². The van der Waals surface area contributed by atoms with E-state index in [9.17, 15) is 4.79 Å². The maximum atomic E-state index is 12.3. The molecule has 134 valence electrons. The smallest absolute Gasteiger partial charge is 0.319 e. The molecule has 3 nitrogen and oxygen atoms in total. The molecule has 0 atom stereocenters. The first-order chi connectivity index (χ1) is 12.0. The van der Waals surface area contributed by atoms with Crippen LogP contribution in [0.5, 0.6) is 0 Å². The molecular weight excluding hydrogens is 328 g/mol. The van der Waals surface area contributed by atoms with Gasteiger partial charge in [-0.05, 0) is 35.1 Å². The summed E-state index contributed by atoms with van der Waals surface area (Å²) in [6, 6.07) is 16.4. The van der Waals surface area contributed by atoms with Crippen LogP contribution in [0.15, 0.2) is 53.4 Å². The lowest BCUT2D eigenvalue weighted by molar-refractivity contribution is 0.252. The van der Waals surface area contributed by atoms with Crippen LogP contribution in [0.25, 0.3) is 0 Å². The third kappa shape index (κ3) is 5.82. The fraction of sp³-hybridized carbons (Fsp3) is 0.381. The molecule has 0 aliphatic heterocycles. The van der Waals surface area contributed by atoms with E-state index in [2.05, 4.69) is 68.7 Å². The number of anilines is 1. The maximum Gasteiger partial charge on any atom is 0.319 e. The number of benzene rings is 2. The van der Waals surface area contributed by atoms with Gasteiger partial charge in [0.1, 0.15) is 0 Å². The molecule has 0 aliphatic carbocycles. The van der Waals surface area contributed by atoms with Crippen molar-refractivity contribution in [3.05, 3.63) is 59.7 Å². The van der Waals surface area contributed by atoms with Gasteiger partial charge in [0.15, 0.2) is 0 Å². The minimum Gasteiger partial charge on any atom is -0.337 e. The van der Waals surface area contributed by atoms with Gasteiger partial charge >= 0.3 is 6.03 Å².